The molecule has 5 rings (SSSR count). The van der Waals surface area contributed by atoms with E-state index in [0.29, 0.717) is 18.8 Å². The number of benzene rings is 2. The second-order valence-corrected chi connectivity index (χ2v) is 8.21. The highest BCUT2D eigenvalue weighted by Crippen LogP contribution is 2.32. The molecule has 2 bridgehead atoms. The second kappa shape index (κ2) is 7.78. The molecule has 1 N–H and O–H groups in total. The number of ether oxygens (including phenoxy) is 2. The zero-order chi connectivity index (χ0) is 19.8. The highest BCUT2D eigenvalue weighted by molar-refractivity contribution is 5.97. The topological polar surface area (TPSA) is 59.8 Å². The van der Waals surface area contributed by atoms with Crippen molar-refractivity contribution in [2.24, 2.45) is 7.05 Å². The van der Waals surface area contributed by atoms with E-state index in [1.807, 2.05) is 43.6 Å². The Hall–Kier alpha value is -2.41. The van der Waals surface area contributed by atoms with Gasteiger partial charge in [0.2, 0.25) is 0 Å². The maximum atomic E-state index is 10.5. The van der Waals surface area contributed by atoms with Gasteiger partial charge in [-0.3, -0.25) is 9.58 Å². The van der Waals surface area contributed by atoms with E-state index in [0.717, 1.165) is 53.7 Å². The van der Waals surface area contributed by atoms with Gasteiger partial charge in [0.1, 0.15) is 18.5 Å². The minimum Gasteiger partial charge on any atom is -0.491 e. The number of nitrogens with zero attached hydrogens (tertiary/aromatic N) is 3. The Morgan fingerprint density at radius 1 is 1.17 bits per heavy atom. The van der Waals surface area contributed by atoms with Crippen LogP contribution in [0, 0.1) is 0 Å². The monoisotopic (exact) mass is 393 g/mol. The van der Waals surface area contributed by atoms with Crippen LogP contribution in [0.4, 0.5) is 0 Å². The summed E-state index contributed by atoms with van der Waals surface area (Å²) in [6.07, 6.45) is 4.36. The molecule has 6 heteroatoms. The molecule has 2 saturated heterocycles. The maximum absolute atomic E-state index is 10.5. The molecule has 1 unspecified atom stereocenters. The molecule has 3 heterocycles. The van der Waals surface area contributed by atoms with E-state index in [1.165, 1.54) is 0 Å². The summed E-state index contributed by atoms with van der Waals surface area (Å²) in [5.74, 6) is 0.755. The highest BCUT2D eigenvalue weighted by atomic mass is 16.5. The van der Waals surface area contributed by atoms with Crippen molar-refractivity contribution in [1.82, 2.24) is 14.7 Å². The van der Waals surface area contributed by atoms with Gasteiger partial charge in [0.25, 0.3) is 0 Å². The van der Waals surface area contributed by atoms with Crippen LogP contribution in [0.5, 0.6) is 5.75 Å². The molecule has 2 aliphatic rings. The van der Waals surface area contributed by atoms with E-state index >= 15 is 0 Å². The molecule has 2 fully saturated rings. The summed E-state index contributed by atoms with van der Waals surface area (Å²) in [6, 6.07) is 14.3. The van der Waals surface area contributed by atoms with Crippen LogP contribution >= 0.6 is 0 Å². The van der Waals surface area contributed by atoms with Gasteiger partial charge in [-0.15, -0.1) is 0 Å². The summed E-state index contributed by atoms with van der Waals surface area (Å²) < 4.78 is 13.7. The molecule has 152 valence electrons. The first-order valence-corrected chi connectivity index (χ1v) is 10.4. The van der Waals surface area contributed by atoms with Crippen molar-refractivity contribution in [3.8, 4) is 17.0 Å². The van der Waals surface area contributed by atoms with Crippen LogP contribution in [-0.2, 0) is 11.8 Å². The first kappa shape index (κ1) is 18.6. The quantitative estimate of drug-likeness (QED) is 0.698. The summed E-state index contributed by atoms with van der Waals surface area (Å²) in [4.78, 5) is 2.31. The summed E-state index contributed by atoms with van der Waals surface area (Å²) in [7, 11) is 1.92. The van der Waals surface area contributed by atoms with Crippen LogP contribution in [0.15, 0.2) is 48.7 Å². The molecule has 0 amide bonds. The Morgan fingerprint density at radius 3 is 2.72 bits per heavy atom. The molecule has 6 nitrogen and oxygen atoms in total. The predicted molar refractivity (Wildman–Crippen MR) is 112 cm³/mol. The van der Waals surface area contributed by atoms with E-state index in [-0.39, 0.29) is 6.61 Å². The lowest BCUT2D eigenvalue weighted by Crippen LogP contribution is -2.46. The predicted octanol–water partition coefficient (Wildman–Crippen LogP) is 2.84. The number of fused-ring (bicyclic) bond motifs is 3. The Labute approximate surface area is 170 Å². The first-order valence-electron chi connectivity index (χ1n) is 10.4. The zero-order valence-electron chi connectivity index (χ0n) is 16.7. The lowest BCUT2D eigenvalue weighted by Gasteiger charge is -2.33. The van der Waals surface area contributed by atoms with Gasteiger partial charge in [-0.2, -0.15) is 5.10 Å². The third-order valence-electron chi connectivity index (χ3n) is 5.86. The Balaban J connectivity index is 1.30. The van der Waals surface area contributed by atoms with E-state index < -0.39 is 6.10 Å². The first-order chi connectivity index (χ1) is 14.1. The number of rotatable bonds is 6. The van der Waals surface area contributed by atoms with Gasteiger partial charge in [-0.05, 0) is 41.8 Å². The van der Waals surface area contributed by atoms with Gasteiger partial charge >= 0.3 is 0 Å². The molecule has 0 aliphatic carbocycles. The Bertz CT molecular complexity index is 990. The fourth-order valence-electron chi connectivity index (χ4n) is 4.53. The summed E-state index contributed by atoms with van der Waals surface area (Å²) in [5, 5.41) is 17.3. The Kier molecular flexibility index (Phi) is 4.99. The molecule has 3 atom stereocenters. The molecule has 1 aromatic heterocycles. The van der Waals surface area contributed by atoms with Gasteiger partial charge in [0, 0.05) is 38.4 Å². The number of aromatic nitrogens is 2. The van der Waals surface area contributed by atoms with Crippen molar-refractivity contribution < 1.29 is 14.6 Å². The van der Waals surface area contributed by atoms with E-state index in [2.05, 4.69) is 22.1 Å². The molecule has 0 saturated carbocycles. The minimum atomic E-state index is -0.530. The van der Waals surface area contributed by atoms with Gasteiger partial charge in [0.05, 0.1) is 17.9 Å². The molecule has 2 aromatic carbocycles. The van der Waals surface area contributed by atoms with Crippen LogP contribution in [0.2, 0.25) is 0 Å². The van der Waals surface area contributed by atoms with Crippen LogP contribution in [0.1, 0.15) is 12.8 Å². The van der Waals surface area contributed by atoms with Crippen molar-refractivity contribution in [3.63, 3.8) is 0 Å². The van der Waals surface area contributed by atoms with E-state index in [1.54, 1.807) is 4.68 Å². The van der Waals surface area contributed by atoms with Gasteiger partial charge in [-0.1, -0.05) is 24.3 Å². The number of hydrogen-bond donors (Lipinski definition) is 1. The third kappa shape index (κ3) is 4.01. The largest absolute Gasteiger partial charge is 0.491 e. The van der Waals surface area contributed by atoms with Gasteiger partial charge in [0.15, 0.2) is 0 Å². The van der Waals surface area contributed by atoms with Crippen molar-refractivity contribution in [1.29, 1.82) is 0 Å². The molecule has 0 spiro atoms. The number of hydrogen-bond acceptors (Lipinski definition) is 5. The molecule has 2 aliphatic heterocycles. The lowest BCUT2D eigenvalue weighted by molar-refractivity contribution is -0.0528. The number of likely N-dealkylation sites (tertiary alicyclic amines) is 1. The number of aryl methyl sites for hydroxylation is 1. The summed E-state index contributed by atoms with van der Waals surface area (Å²) in [5.41, 5.74) is 1.96. The maximum Gasteiger partial charge on any atom is 0.120 e. The Morgan fingerprint density at radius 2 is 1.97 bits per heavy atom. The molecule has 3 aromatic rings. The minimum absolute atomic E-state index is 0.271. The SMILES string of the molecule is Cn1ccc(-c2cc(OCC(O)CN3C[C@H]4CC[C@@H](C3)O4)cc3ccccc23)n1. The molecular formula is C23H27N3O3. The van der Waals surface area contributed by atoms with Crippen molar-refractivity contribution >= 4 is 10.8 Å². The number of morpholine rings is 1. The van der Waals surface area contributed by atoms with Crippen LogP contribution in [0.3, 0.4) is 0 Å². The average molecular weight is 393 g/mol. The molecule has 29 heavy (non-hydrogen) atoms. The average Bonchev–Trinajstić information content (AvgIpc) is 3.30. The van der Waals surface area contributed by atoms with Gasteiger partial charge < -0.3 is 14.6 Å². The number of β-amino-alcohol motifs (C(OH)–C–C–N with tert-alkyl or cyclic N) is 1. The highest BCUT2D eigenvalue weighted by Gasteiger charge is 2.34. The summed E-state index contributed by atoms with van der Waals surface area (Å²) >= 11 is 0. The number of aliphatic hydroxyl groups is 1. The molecular weight excluding hydrogens is 366 g/mol. The third-order valence-corrected chi connectivity index (χ3v) is 5.86. The smallest absolute Gasteiger partial charge is 0.120 e. The fourth-order valence-corrected chi connectivity index (χ4v) is 4.53. The van der Waals surface area contributed by atoms with Crippen LogP contribution in [-0.4, -0.2) is 64.3 Å². The summed E-state index contributed by atoms with van der Waals surface area (Å²) in [6.45, 7) is 2.71. The van der Waals surface area contributed by atoms with Crippen LogP contribution < -0.4 is 4.74 Å². The van der Waals surface area contributed by atoms with E-state index in [9.17, 15) is 5.11 Å². The second-order valence-electron chi connectivity index (χ2n) is 8.21. The lowest BCUT2D eigenvalue weighted by atomic mass is 10.0. The van der Waals surface area contributed by atoms with Crippen molar-refractivity contribution in [2.75, 3.05) is 26.2 Å². The van der Waals surface area contributed by atoms with Crippen molar-refractivity contribution in [2.45, 2.75) is 31.2 Å². The van der Waals surface area contributed by atoms with Gasteiger partial charge in [-0.25, -0.2) is 0 Å². The molecule has 0 radical (unpaired) electrons. The van der Waals surface area contributed by atoms with Crippen LogP contribution in [0.25, 0.3) is 22.0 Å². The normalized spacial score (nSPS) is 22.8. The standard InChI is InChI=1S/C23H27N3O3/c1-25-9-8-23(24-25)22-11-20(10-16-4-2-3-5-21(16)22)28-15-17(27)12-26-13-18-6-7-19(14-26)29-18/h2-5,8-11,17-19,27H,6-7,12-15H2,1H3/t17?,18-,19+. The fraction of sp³-hybridized carbons (Fsp3) is 0.435. The number of aliphatic hydroxyl groups excluding tert-OH is 1. The zero-order valence-corrected chi connectivity index (χ0v) is 16.7. The van der Waals surface area contributed by atoms with Crippen molar-refractivity contribution in [3.05, 3.63) is 48.7 Å². The van der Waals surface area contributed by atoms with E-state index in [4.69, 9.17) is 9.47 Å².